The summed E-state index contributed by atoms with van der Waals surface area (Å²) < 4.78 is 0. The summed E-state index contributed by atoms with van der Waals surface area (Å²) in [7, 11) is 0. The van der Waals surface area contributed by atoms with E-state index in [4.69, 9.17) is 0 Å². The molecule has 2 saturated heterocycles. The van der Waals surface area contributed by atoms with Crippen molar-refractivity contribution in [1.82, 2.24) is 29.7 Å². The van der Waals surface area contributed by atoms with E-state index in [2.05, 4.69) is 29.7 Å². The summed E-state index contributed by atoms with van der Waals surface area (Å²) in [5.41, 5.74) is 0. The van der Waals surface area contributed by atoms with Crippen LogP contribution in [0.1, 0.15) is 24.6 Å². The zero-order valence-corrected chi connectivity index (χ0v) is 14.9. The van der Waals surface area contributed by atoms with E-state index >= 15 is 0 Å². The number of rotatable bonds is 4. The van der Waals surface area contributed by atoms with Gasteiger partial charge in [-0.15, -0.1) is 0 Å². The van der Waals surface area contributed by atoms with Crippen molar-refractivity contribution in [3.8, 4) is 0 Å². The maximum Gasteiger partial charge on any atom is 0.236 e. The number of carbonyl (C=O) groups excluding carboxylic acids is 1. The summed E-state index contributed by atoms with van der Waals surface area (Å²) in [5, 5.41) is 0. The number of anilines is 1. The van der Waals surface area contributed by atoms with Gasteiger partial charge in [-0.1, -0.05) is 0 Å². The molecule has 4 rings (SSSR count). The Kier molecular flexibility index (Phi) is 5.10. The van der Waals surface area contributed by atoms with Crippen LogP contribution in [-0.2, 0) is 4.79 Å². The average molecular weight is 355 g/mol. The van der Waals surface area contributed by atoms with E-state index < -0.39 is 0 Å². The van der Waals surface area contributed by atoms with Crippen molar-refractivity contribution < 1.29 is 4.79 Å². The third-order valence-corrected chi connectivity index (χ3v) is 5.25. The van der Waals surface area contributed by atoms with Crippen LogP contribution in [0.3, 0.4) is 0 Å². The molecule has 2 aliphatic heterocycles. The molecule has 0 unspecified atom stereocenters. The number of nitrogens with zero attached hydrogens (tertiary/aromatic N) is 6. The fourth-order valence-electron chi connectivity index (χ4n) is 3.78. The highest BCUT2D eigenvalue weighted by molar-refractivity contribution is 5.78. The topological polar surface area (TPSA) is 81.2 Å². The smallest absolute Gasteiger partial charge is 0.236 e. The molecule has 138 valence electrons. The summed E-state index contributed by atoms with van der Waals surface area (Å²) in [6.45, 7) is 5.55. The number of hydrogen-bond acceptors (Lipinski definition) is 6. The van der Waals surface area contributed by atoms with Crippen molar-refractivity contribution in [1.29, 1.82) is 0 Å². The highest BCUT2D eigenvalue weighted by Gasteiger charge is 2.28. The number of aromatic nitrogens is 4. The Labute approximate surface area is 153 Å². The van der Waals surface area contributed by atoms with Crippen LogP contribution in [0, 0.1) is 0 Å². The fraction of sp³-hybridized carbons (Fsp3) is 0.556. The minimum Gasteiger partial charge on any atom is -0.348 e. The first-order valence-electron chi connectivity index (χ1n) is 9.31. The second-order valence-corrected chi connectivity index (χ2v) is 6.97. The van der Waals surface area contributed by atoms with E-state index in [1.165, 1.54) is 0 Å². The highest BCUT2D eigenvalue weighted by atomic mass is 16.2. The molecule has 0 spiro atoms. The van der Waals surface area contributed by atoms with Gasteiger partial charge in [0.05, 0.1) is 6.54 Å². The molecule has 2 aliphatic rings. The molecular formula is C18H25N7O. The van der Waals surface area contributed by atoms with Crippen LogP contribution in [0.2, 0.25) is 0 Å². The van der Waals surface area contributed by atoms with Gasteiger partial charge in [-0.25, -0.2) is 15.0 Å². The summed E-state index contributed by atoms with van der Waals surface area (Å²) in [6.07, 6.45) is 9.30. The quantitative estimate of drug-likeness (QED) is 0.871. The number of aromatic amines is 1. The number of hydrogen-bond donors (Lipinski definition) is 1. The first-order chi connectivity index (χ1) is 12.8. The Morgan fingerprint density at radius 2 is 1.88 bits per heavy atom. The normalized spacial score (nSPS) is 21.8. The molecule has 8 heteroatoms. The molecule has 1 N–H and O–H groups in total. The average Bonchev–Trinajstić information content (AvgIpc) is 3.24. The van der Waals surface area contributed by atoms with Crippen molar-refractivity contribution in [3.63, 3.8) is 0 Å². The molecule has 4 heterocycles. The van der Waals surface area contributed by atoms with Gasteiger partial charge in [-0.05, 0) is 18.9 Å². The molecule has 2 aromatic heterocycles. The first-order valence-corrected chi connectivity index (χ1v) is 9.31. The first kappa shape index (κ1) is 17.0. The van der Waals surface area contributed by atoms with E-state index in [-0.39, 0.29) is 5.91 Å². The number of amides is 1. The number of carbonyl (C=O) groups is 1. The highest BCUT2D eigenvalue weighted by Crippen LogP contribution is 2.24. The van der Waals surface area contributed by atoms with E-state index in [0.29, 0.717) is 12.5 Å². The molecule has 0 aliphatic carbocycles. The molecule has 0 radical (unpaired) electrons. The van der Waals surface area contributed by atoms with Crippen molar-refractivity contribution in [3.05, 3.63) is 36.7 Å². The van der Waals surface area contributed by atoms with Crippen molar-refractivity contribution >= 4 is 11.9 Å². The molecular weight excluding hydrogens is 330 g/mol. The van der Waals surface area contributed by atoms with Gasteiger partial charge >= 0.3 is 0 Å². The molecule has 2 fully saturated rings. The van der Waals surface area contributed by atoms with Gasteiger partial charge in [0.25, 0.3) is 0 Å². The summed E-state index contributed by atoms with van der Waals surface area (Å²) in [4.78, 5) is 35.3. The molecule has 26 heavy (non-hydrogen) atoms. The van der Waals surface area contributed by atoms with Crippen LogP contribution >= 0.6 is 0 Å². The molecule has 1 amide bonds. The number of piperazine rings is 1. The van der Waals surface area contributed by atoms with E-state index in [1.807, 2.05) is 17.2 Å². The second kappa shape index (κ2) is 7.82. The number of piperidine rings is 1. The molecule has 2 aromatic rings. The van der Waals surface area contributed by atoms with Gasteiger partial charge in [0.2, 0.25) is 11.9 Å². The van der Waals surface area contributed by atoms with Gasteiger partial charge in [-0.2, -0.15) is 0 Å². The van der Waals surface area contributed by atoms with Crippen LogP contribution in [0.5, 0.6) is 0 Å². The monoisotopic (exact) mass is 355 g/mol. The fourth-order valence-corrected chi connectivity index (χ4v) is 3.78. The Bertz CT molecular complexity index is 698. The van der Waals surface area contributed by atoms with Gasteiger partial charge in [0.1, 0.15) is 5.82 Å². The van der Waals surface area contributed by atoms with E-state index in [1.54, 1.807) is 18.6 Å². The molecule has 0 saturated carbocycles. The molecule has 8 nitrogen and oxygen atoms in total. The standard InChI is InChI=1S/C18H25N7O/c26-16(25-8-1-3-15(13-25)17-19-6-7-20-17)14-23-9-11-24(12-10-23)18-21-4-2-5-22-18/h2,4-7,15H,1,3,8-14H2,(H,19,20)/t15-/m0/s1. The number of imidazole rings is 1. The van der Waals surface area contributed by atoms with E-state index in [0.717, 1.165) is 63.9 Å². The lowest BCUT2D eigenvalue weighted by Gasteiger charge is -2.37. The Morgan fingerprint density at radius 1 is 1.08 bits per heavy atom. The maximum atomic E-state index is 12.7. The molecule has 0 aromatic carbocycles. The lowest BCUT2D eigenvalue weighted by atomic mass is 9.97. The zero-order chi connectivity index (χ0) is 17.8. The number of likely N-dealkylation sites (tertiary alicyclic amines) is 1. The predicted molar refractivity (Wildman–Crippen MR) is 97.8 cm³/mol. The lowest BCUT2D eigenvalue weighted by molar-refractivity contribution is -0.133. The van der Waals surface area contributed by atoms with Crippen molar-refractivity contribution in [2.75, 3.05) is 50.7 Å². The van der Waals surface area contributed by atoms with E-state index in [9.17, 15) is 4.79 Å². The van der Waals surface area contributed by atoms with Crippen LogP contribution < -0.4 is 4.90 Å². The summed E-state index contributed by atoms with van der Waals surface area (Å²) in [5.74, 6) is 2.33. The summed E-state index contributed by atoms with van der Waals surface area (Å²) >= 11 is 0. The summed E-state index contributed by atoms with van der Waals surface area (Å²) in [6, 6.07) is 1.83. The molecule has 1 atom stereocenters. The Morgan fingerprint density at radius 3 is 2.62 bits per heavy atom. The van der Waals surface area contributed by atoms with Crippen molar-refractivity contribution in [2.45, 2.75) is 18.8 Å². The third kappa shape index (κ3) is 3.85. The Balaban J connectivity index is 1.27. The maximum absolute atomic E-state index is 12.7. The van der Waals surface area contributed by atoms with Gasteiger partial charge < -0.3 is 14.8 Å². The Hall–Kier alpha value is -2.48. The SMILES string of the molecule is O=C(CN1CCN(c2ncccn2)CC1)N1CCC[C@H](c2ncc[nH]2)C1. The zero-order valence-electron chi connectivity index (χ0n) is 14.9. The minimum absolute atomic E-state index is 0.227. The van der Waals surface area contributed by atoms with Gasteiger partial charge in [0, 0.05) is 70.0 Å². The van der Waals surface area contributed by atoms with Crippen LogP contribution in [0.25, 0.3) is 0 Å². The van der Waals surface area contributed by atoms with Crippen molar-refractivity contribution in [2.24, 2.45) is 0 Å². The second-order valence-electron chi connectivity index (χ2n) is 6.97. The number of H-pyrrole nitrogens is 1. The van der Waals surface area contributed by atoms with Crippen LogP contribution in [-0.4, -0.2) is 81.5 Å². The lowest BCUT2D eigenvalue weighted by Crippen LogP contribution is -2.51. The third-order valence-electron chi connectivity index (χ3n) is 5.25. The number of nitrogens with one attached hydrogen (secondary N) is 1. The largest absolute Gasteiger partial charge is 0.348 e. The minimum atomic E-state index is 0.227. The van der Waals surface area contributed by atoms with Gasteiger partial charge in [-0.3, -0.25) is 9.69 Å². The van der Waals surface area contributed by atoms with Crippen LogP contribution in [0.15, 0.2) is 30.9 Å². The molecule has 0 bridgehead atoms. The van der Waals surface area contributed by atoms with Gasteiger partial charge in [0.15, 0.2) is 0 Å². The predicted octanol–water partition coefficient (Wildman–Crippen LogP) is 0.728. The van der Waals surface area contributed by atoms with Crippen LogP contribution in [0.4, 0.5) is 5.95 Å².